The summed E-state index contributed by atoms with van der Waals surface area (Å²) in [6, 6.07) is 3.79. The van der Waals surface area contributed by atoms with Crippen LogP contribution < -0.4 is 10.9 Å². The molecule has 0 bridgehead atoms. The number of H-pyrrole nitrogens is 1. The molecule has 5 heteroatoms. The molecule has 2 heterocycles. The molecule has 96 valence electrons. The third-order valence-electron chi connectivity index (χ3n) is 2.71. The maximum atomic E-state index is 12.1. The van der Waals surface area contributed by atoms with Crippen LogP contribution in [0.3, 0.4) is 0 Å². The average molecular weight is 263 g/mol. The second-order valence-corrected chi connectivity index (χ2v) is 6.01. The highest BCUT2D eigenvalue weighted by Gasteiger charge is 2.16. The number of nitrogens with zero attached hydrogens (tertiary/aromatic N) is 1. The molecule has 2 aromatic rings. The molecule has 2 aromatic heterocycles. The minimum Gasteiger partial charge on any atom is -0.365 e. The molecule has 0 aromatic carbocycles. The van der Waals surface area contributed by atoms with Crippen LogP contribution in [-0.4, -0.2) is 17.0 Å². The number of aromatic amines is 1. The number of hydrogen-bond donors (Lipinski definition) is 2. The molecule has 0 spiro atoms. The van der Waals surface area contributed by atoms with E-state index in [2.05, 4.69) is 36.1 Å². The molecule has 0 unspecified atom stereocenters. The van der Waals surface area contributed by atoms with E-state index in [0.29, 0.717) is 11.3 Å². The van der Waals surface area contributed by atoms with Crippen LogP contribution in [0.4, 0.5) is 5.13 Å². The Balaban J connectivity index is 2.45. The summed E-state index contributed by atoms with van der Waals surface area (Å²) in [4.78, 5) is 19.3. The van der Waals surface area contributed by atoms with Crippen LogP contribution in [0, 0.1) is 0 Å². The van der Waals surface area contributed by atoms with Crippen molar-refractivity contribution in [2.45, 2.75) is 26.2 Å². The zero-order valence-corrected chi connectivity index (χ0v) is 11.8. The zero-order valence-electron chi connectivity index (χ0n) is 11.0. The second kappa shape index (κ2) is 4.57. The maximum Gasteiger partial charge on any atom is 0.257 e. The van der Waals surface area contributed by atoms with E-state index in [4.69, 9.17) is 0 Å². The second-order valence-electron chi connectivity index (χ2n) is 5.15. The van der Waals surface area contributed by atoms with Crippen molar-refractivity contribution < 1.29 is 0 Å². The minimum atomic E-state index is -0.0876. The lowest BCUT2D eigenvalue weighted by atomic mass is 9.91. The van der Waals surface area contributed by atoms with Crippen molar-refractivity contribution in [2.75, 3.05) is 12.4 Å². The van der Waals surface area contributed by atoms with Crippen molar-refractivity contribution in [1.82, 2.24) is 9.97 Å². The van der Waals surface area contributed by atoms with Gasteiger partial charge in [0.2, 0.25) is 0 Å². The van der Waals surface area contributed by atoms with E-state index in [1.54, 1.807) is 0 Å². The lowest BCUT2D eigenvalue weighted by Crippen LogP contribution is -2.20. The summed E-state index contributed by atoms with van der Waals surface area (Å²) in [6.07, 6.45) is 0. The number of rotatable bonds is 2. The van der Waals surface area contributed by atoms with Gasteiger partial charge in [-0.15, -0.1) is 11.3 Å². The van der Waals surface area contributed by atoms with E-state index >= 15 is 0 Å². The van der Waals surface area contributed by atoms with E-state index in [-0.39, 0.29) is 11.0 Å². The van der Waals surface area contributed by atoms with Crippen molar-refractivity contribution in [1.29, 1.82) is 0 Å². The Morgan fingerprint density at radius 3 is 2.56 bits per heavy atom. The molecule has 0 aliphatic carbocycles. The average Bonchev–Trinajstić information content (AvgIpc) is 2.76. The summed E-state index contributed by atoms with van der Waals surface area (Å²) in [5.74, 6) is 0. The van der Waals surface area contributed by atoms with Crippen molar-refractivity contribution in [3.05, 3.63) is 33.6 Å². The molecule has 18 heavy (non-hydrogen) atoms. The lowest BCUT2D eigenvalue weighted by molar-refractivity contribution is 0.567. The summed E-state index contributed by atoms with van der Waals surface area (Å²) in [5, 5.41) is 5.66. The highest BCUT2D eigenvalue weighted by atomic mass is 32.1. The maximum absolute atomic E-state index is 12.1. The molecule has 0 radical (unpaired) electrons. The largest absolute Gasteiger partial charge is 0.365 e. The molecule has 0 fully saturated rings. The first-order valence-electron chi connectivity index (χ1n) is 5.79. The van der Waals surface area contributed by atoms with E-state index in [0.717, 1.165) is 10.8 Å². The first-order chi connectivity index (χ1) is 8.41. The molecule has 0 atom stereocenters. The van der Waals surface area contributed by atoms with Crippen LogP contribution >= 0.6 is 11.3 Å². The number of thiazole rings is 1. The van der Waals surface area contributed by atoms with Crippen LogP contribution in [0.2, 0.25) is 0 Å². The van der Waals surface area contributed by atoms with Gasteiger partial charge in [0.05, 0.1) is 11.3 Å². The molecule has 0 saturated heterocycles. The Kier molecular flexibility index (Phi) is 3.26. The molecular weight excluding hydrogens is 246 g/mol. The van der Waals surface area contributed by atoms with E-state index in [9.17, 15) is 4.79 Å². The Bertz CT molecular complexity index is 607. The fourth-order valence-corrected chi connectivity index (χ4v) is 2.30. The Hall–Kier alpha value is -1.62. The highest BCUT2D eigenvalue weighted by Crippen LogP contribution is 2.24. The Morgan fingerprint density at radius 1 is 1.33 bits per heavy atom. The van der Waals surface area contributed by atoms with Gasteiger partial charge in [0, 0.05) is 23.5 Å². The van der Waals surface area contributed by atoms with Gasteiger partial charge in [0.1, 0.15) is 0 Å². The number of aromatic nitrogens is 2. The third kappa shape index (κ3) is 2.46. The van der Waals surface area contributed by atoms with Gasteiger partial charge in [0.25, 0.3) is 5.56 Å². The van der Waals surface area contributed by atoms with Gasteiger partial charge in [-0.3, -0.25) is 4.79 Å². The van der Waals surface area contributed by atoms with Gasteiger partial charge in [-0.1, -0.05) is 20.8 Å². The summed E-state index contributed by atoms with van der Waals surface area (Å²) < 4.78 is 0. The monoisotopic (exact) mass is 263 g/mol. The van der Waals surface area contributed by atoms with Crippen molar-refractivity contribution >= 4 is 16.5 Å². The van der Waals surface area contributed by atoms with Crippen LogP contribution in [0.1, 0.15) is 26.5 Å². The fraction of sp³-hybridized carbons (Fsp3) is 0.385. The van der Waals surface area contributed by atoms with Crippen LogP contribution in [0.25, 0.3) is 11.3 Å². The zero-order chi connectivity index (χ0) is 13.3. The third-order valence-corrected chi connectivity index (χ3v) is 3.57. The van der Waals surface area contributed by atoms with Gasteiger partial charge in [-0.05, 0) is 12.1 Å². The predicted octanol–water partition coefficient (Wildman–Crippen LogP) is 2.84. The minimum absolute atomic E-state index is 0.0596. The van der Waals surface area contributed by atoms with Crippen molar-refractivity contribution in [3.8, 4) is 11.3 Å². The molecule has 0 aliphatic heterocycles. The summed E-state index contributed by atoms with van der Waals surface area (Å²) >= 11 is 1.49. The first kappa shape index (κ1) is 12.8. The van der Waals surface area contributed by atoms with Crippen LogP contribution in [-0.2, 0) is 5.41 Å². The summed E-state index contributed by atoms with van der Waals surface area (Å²) in [5.41, 5.74) is 2.11. The first-order valence-corrected chi connectivity index (χ1v) is 6.67. The SMILES string of the molecule is CNc1nc(-c2ccc(C(C)(C)C)[nH]c2=O)cs1. The van der Waals surface area contributed by atoms with E-state index in [1.165, 1.54) is 11.3 Å². The summed E-state index contributed by atoms with van der Waals surface area (Å²) in [7, 11) is 1.82. The van der Waals surface area contributed by atoms with Gasteiger partial charge < -0.3 is 10.3 Å². The van der Waals surface area contributed by atoms with Gasteiger partial charge in [-0.2, -0.15) is 0 Å². The molecule has 2 rings (SSSR count). The van der Waals surface area contributed by atoms with Crippen molar-refractivity contribution in [3.63, 3.8) is 0 Å². The lowest BCUT2D eigenvalue weighted by Gasteiger charge is -2.18. The van der Waals surface area contributed by atoms with E-state index < -0.39 is 0 Å². The number of nitrogens with one attached hydrogen (secondary N) is 2. The molecule has 0 aliphatic rings. The molecular formula is C13H17N3OS. The fourth-order valence-electron chi connectivity index (χ4n) is 1.63. The van der Waals surface area contributed by atoms with Gasteiger partial charge in [-0.25, -0.2) is 4.98 Å². The molecule has 0 amide bonds. The van der Waals surface area contributed by atoms with Crippen LogP contribution in [0.15, 0.2) is 22.3 Å². The topological polar surface area (TPSA) is 57.8 Å². The molecule has 0 saturated carbocycles. The number of pyridine rings is 1. The quantitative estimate of drug-likeness (QED) is 0.876. The van der Waals surface area contributed by atoms with Crippen LogP contribution in [0.5, 0.6) is 0 Å². The number of anilines is 1. The van der Waals surface area contributed by atoms with E-state index in [1.807, 2.05) is 24.6 Å². The summed E-state index contributed by atoms with van der Waals surface area (Å²) in [6.45, 7) is 6.21. The normalized spacial score (nSPS) is 11.6. The Morgan fingerprint density at radius 2 is 2.06 bits per heavy atom. The predicted molar refractivity (Wildman–Crippen MR) is 76.4 cm³/mol. The Labute approximate surface area is 110 Å². The highest BCUT2D eigenvalue weighted by molar-refractivity contribution is 7.14. The molecule has 2 N–H and O–H groups in total. The van der Waals surface area contributed by atoms with Gasteiger partial charge in [0.15, 0.2) is 5.13 Å². The van der Waals surface area contributed by atoms with Crippen molar-refractivity contribution in [2.24, 2.45) is 0 Å². The molecule has 4 nitrogen and oxygen atoms in total. The standard InChI is InChI=1S/C13H17N3OS/c1-13(2,3)10-6-5-8(11(17)16-10)9-7-18-12(14-4)15-9/h5-7H,1-4H3,(H,14,15)(H,16,17). The smallest absolute Gasteiger partial charge is 0.257 e. The van der Waals surface area contributed by atoms with Gasteiger partial charge >= 0.3 is 0 Å². The number of hydrogen-bond acceptors (Lipinski definition) is 4.